The Kier molecular flexibility index (Phi) is 28.2. The molecule has 0 aromatic carbocycles. The molecule has 0 bridgehead atoms. The van der Waals surface area contributed by atoms with Gasteiger partial charge in [-0.3, -0.25) is 18.6 Å². The van der Waals surface area contributed by atoms with Gasteiger partial charge in [-0.1, -0.05) is 132 Å². The molecule has 14 heteroatoms. The summed E-state index contributed by atoms with van der Waals surface area (Å²) in [6, 6.07) is 0. The van der Waals surface area contributed by atoms with Gasteiger partial charge in [0.15, 0.2) is 6.10 Å². The third-order valence-electron chi connectivity index (χ3n) is 8.66. The van der Waals surface area contributed by atoms with Crippen LogP contribution < -0.4 is 0 Å². The monoisotopic (exact) mass is 786 g/mol. The van der Waals surface area contributed by atoms with Gasteiger partial charge in [0.2, 0.25) is 0 Å². The second-order valence-corrected chi connectivity index (χ2v) is 14.8. The minimum Gasteiger partial charge on any atom is -0.462 e. The molecule has 0 aromatic rings. The van der Waals surface area contributed by atoms with Crippen molar-refractivity contribution in [1.82, 2.24) is 0 Å². The Morgan fingerprint density at radius 1 is 0.593 bits per heavy atom. The summed E-state index contributed by atoms with van der Waals surface area (Å²) in [5.74, 6) is -1.25. The second-order valence-electron chi connectivity index (χ2n) is 13.4. The Bertz CT molecular complexity index is 1180. The molecule has 1 aliphatic rings. The number of esters is 2. The number of phosphoric ester groups is 1. The van der Waals surface area contributed by atoms with Gasteiger partial charge in [-0.15, -0.1) is 0 Å². The first kappa shape index (κ1) is 49.6. The Labute approximate surface area is 322 Å². The molecule has 310 valence electrons. The summed E-state index contributed by atoms with van der Waals surface area (Å²) in [6.45, 7) is 3.04. The van der Waals surface area contributed by atoms with Crippen molar-refractivity contribution in [2.24, 2.45) is 0 Å². The minimum absolute atomic E-state index is 0.136. The van der Waals surface area contributed by atoms with Crippen LogP contribution in [0.25, 0.3) is 0 Å². The molecule has 13 nitrogen and oxygen atoms in total. The van der Waals surface area contributed by atoms with E-state index < -0.39 is 75.7 Å². The number of aliphatic hydroxyl groups is 5. The highest BCUT2D eigenvalue weighted by atomic mass is 31.2. The molecule has 0 amide bonds. The number of hydrogen-bond donors (Lipinski definition) is 6. The van der Waals surface area contributed by atoms with Crippen LogP contribution in [0.4, 0.5) is 0 Å². The first-order valence-electron chi connectivity index (χ1n) is 19.6. The summed E-state index contributed by atoms with van der Waals surface area (Å²) in [5.41, 5.74) is 0. The minimum atomic E-state index is -5.13. The van der Waals surface area contributed by atoms with E-state index in [1.807, 2.05) is 12.2 Å². The highest BCUT2D eigenvalue weighted by molar-refractivity contribution is 7.47. The predicted octanol–water partition coefficient (Wildman–Crippen LogP) is 6.21. The van der Waals surface area contributed by atoms with Crippen molar-refractivity contribution in [3.63, 3.8) is 0 Å². The summed E-state index contributed by atoms with van der Waals surface area (Å²) in [7, 11) is -5.13. The summed E-state index contributed by atoms with van der Waals surface area (Å²) < 4.78 is 33.2. The summed E-state index contributed by atoms with van der Waals surface area (Å²) in [6.07, 6.45) is 21.9. The number of phosphoric acid groups is 1. The van der Waals surface area contributed by atoms with Crippen LogP contribution in [-0.2, 0) is 32.7 Å². The molecule has 1 aliphatic carbocycles. The maximum absolute atomic E-state index is 12.7. The molecular formula is C40H67O13P. The standard InChI is InChI=1S/C40H67O13P/c1-3-5-7-9-11-13-15-16-17-18-19-21-23-25-27-29-34(42)52-32(30-50-33(41)28-26-24-22-20-14-12-10-8-6-4-2)31-51-54(48,49)53-40-38(46)36(44)35(43)37(45)39(40)47/h5,7,11,13,16-17,19,21,25,27,32,35-40,43-47H,3-4,6,8-10,12,14-15,18,20,22-24,26,28-31H2,1-2H3,(H,48,49)/b7-5-,13-11-,17-16-,21-19-,27-25-. The SMILES string of the molecule is CC/C=C\C/C=C\C/C=C\C/C=C\C/C=C\CC(=O)OC(COC(=O)CCCCCCCCCCCC)COP(=O)(O)OC1C(O)C(O)C(O)C(O)C1O. The molecule has 0 radical (unpaired) electrons. The third kappa shape index (κ3) is 23.5. The number of hydrogen-bond acceptors (Lipinski definition) is 12. The molecule has 6 atom stereocenters. The first-order chi connectivity index (χ1) is 25.9. The van der Waals surface area contributed by atoms with Gasteiger partial charge in [-0.05, 0) is 38.5 Å². The molecule has 6 unspecified atom stereocenters. The first-order valence-corrected chi connectivity index (χ1v) is 21.1. The largest absolute Gasteiger partial charge is 0.472 e. The highest BCUT2D eigenvalue weighted by Crippen LogP contribution is 2.47. The zero-order valence-corrected chi connectivity index (χ0v) is 33.1. The van der Waals surface area contributed by atoms with Crippen LogP contribution in [-0.4, -0.2) is 98.3 Å². The number of carbonyl (C=O) groups is 2. The fraction of sp³-hybridized carbons (Fsp3) is 0.700. The normalized spacial score (nSPS) is 23.9. The van der Waals surface area contributed by atoms with E-state index in [1.54, 1.807) is 12.2 Å². The molecule has 0 saturated heterocycles. The number of carbonyl (C=O) groups excluding carboxylic acids is 2. The quantitative estimate of drug-likeness (QED) is 0.0207. The topological polar surface area (TPSA) is 210 Å². The fourth-order valence-electron chi connectivity index (χ4n) is 5.48. The molecule has 0 aromatic heterocycles. The van der Waals surface area contributed by atoms with Gasteiger partial charge in [0.25, 0.3) is 0 Å². The average Bonchev–Trinajstić information content (AvgIpc) is 3.15. The lowest BCUT2D eigenvalue weighted by Crippen LogP contribution is -2.64. The molecule has 0 heterocycles. The van der Waals surface area contributed by atoms with Crippen LogP contribution in [0.5, 0.6) is 0 Å². The van der Waals surface area contributed by atoms with E-state index in [1.165, 1.54) is 38.5 Å². The lowest BCUT2D eigenvalue weighted by Gasteiger charge is -2.41. The van der Waals surface area contributed by atoms with Crippen molar-refractivity contribution in [3.05, 3.63) is 60.8 Å². The van der Waals surface area contributed by atoms with Crippen LogP contribution in [0.2, 0.25) is 0 Å². The van der Waals surface area contributed by atoms with Crippen molar-refractivity contribution in [3.8, 4) is 0 Å². The van der Waals surface area contributed by atoms with E-state index in [0.29, 0.717) is 12.8 Å². The summed E-state index contributed by atoms with van der Waals surface area (Å²) >= 11 is 0. The third-order valence-corrected chi connectivity index (χ3v) is 9.64. The van der Waals surface area contributed by atoms with Gasteiger partial charge in [-0.25, -0.2) is 4.57 Å². The summed E-state index contributed by atoms with van der Waals surface area (Å²) in [4.78, 5) is 35.4. The van der Waals surface area contributed by atoms with Gasteiger partial charge in [0, 0.05) is 6.42 Å². The average molecular weight is 787 g/mol. The van der Waals surface area contributed by atoms with Gasteiger partial charge in [-0.2, -0.15) is 0 Å². The van der Waals surface area contributed by atoms with Crippen molar-refractivity contribution in [2.45, 2.75) is 166 Å². The van der Waals surface area contributed by atoms with Gasteiger partial charge in [0.05, 0.1) is 13.0 Å². The van der Waals surface area contributed by atoms with Crippen molar-refractivity contribution in [1.29, 1.82) is 0 Å². The molecule has 1 saturated carbocycles. The highest BCUT2D eigenvalue weighted by Gasteiger charge is 2.51. The number of allylic oxidation sites excluding steroid dienone is 9. The van der Waals surface area contributed by atoms with E-state index in [-0.39, 0.29) is 12.8 Å². The predicted molar refractivity (Wildman–Crippen MR) is 207 cm³/mol. The van der Waals surface area contributed by atoms with Gasteiger partial charge in [0.1, 0.15) is 43.2 Å². The number of unbranched alkanes of at least 4 members (excludes halogenated alkanes) is 9. The van der Waals surface area contributed by atoms with Crippen LogP contribution >= 0.6 is 7.82 Å². The smallest absolute Gasteiger partial charge is 0.462 e. The fourth-order valence-corrected chi connectivity index (χ4v) is 6.45. The van der Waals surface area contributed by atoms with Crippen LogP contribution in [0.3, 0.4) is 0 Å². The summed E-state index contributed by atoms with van der Waals surface area (Å²) in [5, 5.41) is 49.9. The molecular weight excluding hydrogens is 719 g/mol. The van der Waals surface area contributed by atoms with Gasteiger partial charge >= 0.3 is 19.8 Å². The maximum Gasteiger partial charge on any atom is 0.472 e. The molecule has 0 spiro atoms. The van der Waals surface area contributed by atoms with Crippen molar-refractivity contribution < 1.29 is 63.1 Å². The van der Waals surface area contributed by atoms with Crippen LogP contribution in [0.15, 0.2) is 60.8 Å². The Balaban J connectivity index is 2.62. The Morgan fingerprint density at radius 2 is 1.04 bits per heavy atom. The molecule has 54 heavy (non-hydrogen) atoms. The zero-order chi connectivity index (χ0) is 40.0. The van der Waals surface area contributed by atoms with Crippen LogP contribution in [0, 0.1) is 0 Å². The van der Waals surface area contributed by atoms with Crippen LogP contribution in [0.1, 0.15) is 123 Å². The van der Waals surface area contributed by atoms with E-state index >= 15 is 0 Å². The van der Waals surface area contributed by atoms with Crippen molar-refractivity contribution >= 4 is 19.8 Å². The number of aliphatic hydroxyl groups excluding tert-OH is 5. The molecule has 1 rings (SSSR count). The van der Waals surface area contributed by atoms with Gasteiger partial charge < -0.3 is 39.9 Å². The second kappa shape index (κ2) is 30.7. The lowest BCUT2D eigenvalue weighted by atomic mass is 9.85. The number of rotatable bonds is 30. The zero-order valence-electron chi connectivity index (χ0n) is 32.2. The molecule has 0 aliphatic heterocycles. The molecule has 1 fully saturated rings. The van der Waals surface area contributed by atoms with E-state index in [9.17, 15) is 44.6 Å². The maximum atomic E-state index is 12.7. The number of ether oxygens (including phenoxy) is 2. The van der Waals surface area contributed by atoms with E-state index in [2.05, 4.69) is 50.3 Å². The van der Waals surface area contributed by atoms with E-state index in [4.69, 9.17) is 18.5 Å². The van der Waals surface area contributed by atoms with E-state index in [0.717, 1.165) is 44.9 Å². The lowest BCUT2D eigenvalue weighted by molar-refractivity contribution is -0.220. The Morgan fingerprint density at radius 3 is 1.54 bits per heavy atom. The van der Waals surface area contributed by atoms with Crippen molar-refractivity contribution in [2.75, 3.05) is 13.2 Å². The molecule has 6 N–H and O–H groups in total. The Hall–Kier alpha value is -2.45.